The van der Waals surface area contributed by atoms with E-state index in [1.54, 1.807) is 41.3 Å². The molecule has 2 heterocycles. The Kier molecular flexibility index (Phi) is 5.94. The first-order valence-corrected chi connectivity index (χ1v) is 10.3. The maximum Gasteiger partial charge on any atom is 0.259 e. The Hall–Kier alpha value is -1.21. The minimum absolute atomic E-state index is 0.0633. The maximum absolute atomic E-state index is 12.2. The molecule has 0 aliphatic rings. The highest BCUT2D eigenvalue weighted by Gasteiger charge is 2.11. The van der Waals surface area contributed by atoms with E-state index in [0.29, 0.717) is 39.4 Å². The van der Waals surface area contributed by atoms with Crippen LogP contribution >= 0.6 is 46.3 Å². The third-order valence-electron chi connectivity index (χ3n) is 3.71. The first-order chi connectivity index (χ1) is 12.0. The number of rotatable bonds is 6. The van der Waals surface area contributed by atoms with Crippen molar-refractivity contribution in [3.05, 3.63) is 54.9 Å². The molecule has 0 saturated carbocycles. The predicted molar refractivity (Wildman–Crippen MR) is 108 cm³/mol. The first kappa shape index (κ1) is 18.6. The number of H-pyrrole nitrogens is 1. The molecule has 0 fully saturated rings. The summed E-state index contributed by atoms with van der Waals surface area (Å²) in [6.07, 6.45) is 0. The minimum Gasteiger partial charge on any atom is -0.491 e. The van der Waals surface area contributed by atoms with Gasteiger partial charge in [0.1, 0.15) is 16.4 Å². The number of benzene rings is 1. The quantitative estimate of drug-likeness (QED) is 0.561. The van der Waals surface area contributed by atoms with Crippen LogP contribution in [0.4, 0.5) is 0 Å². The molecule has 1 N–H and O–H groups in total. The molecule has 0 saturated heterocycles. The van der Waals surface area contributed by atoms with Crippen LogP contribution in [0.25, 0.3) is 10.2 Å². The van der Waals surface area contributed by atoms with Crippen LogP contribution in [-0.2, 0) is 5.75 Å². The van der Waals surface area contributed by atoms with Crippen molar-refractivity contribution in [2.24, 2.45) is 0 Å². The Balaban J connectivity index is 1.55. The van der Waals surface area contributed by atoms with Gasteiger partial charge in [-0.15, -0.1) is 11.3 Å². The van der Waals surface area contributed by atoms with E-state index in [4.69, 9.17) is 27.9 Å². The van der Waals surface area contributed by atoms with Crippen LogP contribution in [0.3, 0.4) is 0 Å². The van der Waals surface area contributed by atoms with Crippen LogP contribution < -0.4 is 10.3 Å². The molecule has 3 aromatic rings. The van der Waals surface area contributed by atoms with Crippen molar-refractivity contribution in [3.63, 3.8) is 0 Å². The van der Waals surface area contributed by atoms with E-state index < -0.39 is 0 Å². The number of nitrogens with one attached hydrogen (secondary N) is 1. The third kappa shape index (κ3) is 4.31. The number of halogens is 2. The van der Waals surface area contributed by atoms with Gasteiger partial charge in [-0.05, 0) is 37.6 Å². The molecule has 2 aromatic heterocycles. The molecule has 1 aromatic carbocycles. The molecule has 8 heteroatoms. The fourth-order valence-corrected chi connectivity index (χ4v) is 4.53. The van der Waals surface area contributed by atoms with Crippen LogP contribution in [0.1, 0.15) is 16.3 Å². The molecule has 0 amide bonds. The Labute approximate surface area is 163 Å². The lowest BCUT2D eigenvalue weighted by atomic mass is 10.2. The zero-order valence-electron chi connectivity index (χ0n) is 13.7. The Morgan fingerprint density at radius 1 is 1.32 bits per heavy atom. The molecular formula is C17H16Cl2N2O2S2. The molecule has 0 aliphatic heterocycles. The number of fused-ring (bicyclic) bond motifs is 1. The Morgan fingerprint density at radius 2 is 2.12 bits per heavy atom. The SMILES string of the molecule is Cc1sc2nc(CSCCOc3ccc(Cl)cc3Cl)[nH]c(=O)c2c1C. The molecule has 0 radical (unpaired) electrons. The maximum atomic E-state index is 12.2. The lowest BCUT2D eigenvalue weighted by Crippen LogP contribution is -2.11. The van der Waals surface area contributed by atoms with E-state index in [2.05, 4.69) is 9.97 Å². The Bertz CT molecular complexity index is 969. The number of aromatic nitrogens is 2. The van der Waals surface area contributed by atoms with Gasteiger partial charge in [-0.1, -0.05) is 23.2 Å². The monoisotopic (exact) mass is 414 g/mol. The molecule has 0 unspecified atom stereocenters. The van der Waals surface area contributed by atoms with E-state index in [0.717, 1.165) is 21.0 Å². The average molecular weight is 415 g/mol. The second-order valence-corrected chi connectivity index (χ2v) is 8.60. The lowest BCUT2D eigenvalue weighted by molar-refractivity contribution is 0.344. The molecule has 0 aliphatic carbocycles. The number of ether oxygens (including phenoxy) is 1. The fourth-order valence-electron chi connectivity index (χ4n) is 2.34. The largest absolute Gasteiger partial charge is 0.491 e. The van der Waals surface area contributed by atoms with Crippen molar-refractivity contribution in [1.82, 2.24) is 9.97 Å². The molecule has 3 rings (SSSR count). The Morgan fingerprint density at radius 3 is 2.88 bits per heavy atom. The molecule has 0 spiro atoms. The van der Waals surface area contributed by atoms with Gasteiger partial charge in [0.2, 0.25) is 0 Å². The van der Waals surface area contributed by atoms with E-state index in [-0.39, 0.29) is 5.56 Å². The summed E-state index contributed by atoms with van der Waals surface area (Å²) in [5.74, 6) is 2.68. The van der Waals surface area contributed by atoms with Crippen molar-refractivity contribution in [1.29, 1.82) is 0 Å². The molecular weight excluding hydrogens is 399 g/mol. The van der Waals surface area contributed by atoms with Crippen molar-refractivity contribution in [2.75, 3.05) is 12.4 Å². The molecule has 25 heavy (non-hydrogen) atoms. The first-order valence-electron chi connectivity index (χ1n) is 7.60. The summed E-state index contributed by atoms with van der Waals surface area (Å²) in [5, 5.41) is 1.78. The number of aromatic amines is 1. The number of aryl methyl sites for hydroxylation is 2. The van der Waals surface area contributed by atoms with Gasteiger partial charge in [0.15, 0.2) is 0 Å². The predicted octanol–water partition coefficient (Wildman–Crippen LogP) is 5.22. The van der Waals surface area contributed by atoms with Crippen molar-refractivity contribution in [2.45, 2.75) is 19.6 Å². The molecule has 0 bridgehead atoms. The summed E-state index contributed by atoms with van der Waals surface area (Å²) in [6.45, 7) is 4.48. The van der Waals surface area contributed by atoms with Gasteiger partial charge in [0.05, 0.1) is 22.8 Å². The van der Waals surface area contributed by atoms with E-state index in [1.807, 2.05) is 13.8 Å². The van der Waals surface area contributed by atoms with E-state index in [9.17, 15) is 4.79 Å². The lowest BCUT2D eigenvalue weighted by Gasteiger charge is -2.08. The summed E-state index contributed by atoms with van der Waals surface area (Å²) in [7, 11) is 0. The number of thioether (sulfide) groups is 1. The van der Waals surface area contributed by atoms with Gasteiger partial charge in [0.25, 0.3) is 5.56 Å². The number of hydrogen-bond donors (Lipinski definition) is 1. The van der Waals surface area contributed by atoms with Crippen LogP contribution in [0.5, 0.6) is 5.75 Å². The zero-order valence-corrected chi connectivity index (χ0v) is 16.8. The van der Waals surface area contributed by atoms with Gasteiger partial charge >= 0.3 is 0 Å². The molecule has 132 valence electrons. The fraction of sp³-hybridized carbons (Fsp3) is 0.294. The second kappa shape index (κ2) is 7.99. The highest BCUT2D eigenvalue weighted by molar-refractivity contribution is 7.98. The summed E-state index contributed by atoms with van der Waals surface area (Å²) >= 11 is 15.1. The minimum atomic E-state index is -0.0633. The van der Waals surface area contributed by atoms with Crippen LogP contribution in [0.15, 0.2) is 23.0 Å². The highest BCUT2D eigenvalue weighted by Crippen LogP contribution is 2.28. The normalized spacial score (nSPS) is 11.2. The van der Waals surface area contributed by atoms with Gasteiger partial charge in [0, 0.05) is 15.7 Å². The smallest absolute Gasteiger partial charge is 0.259 e. The van der Waals surface area contributed by atoms with Crippen LogP contribution in [0, 0.1) is 13.8 Å². The average Bonchev–Trinajstić information content (AvgIpc) is 2.84. The van der Waals surface area contributed by atoms with E-state index in [1.165, 1.54) is 0 Å². The van der Waals surface area contributed by atoms with Crippen molar-refractivity contribution < 1.29 is 4.74 Å². The standard InChI is InChI=1S/C17H16Cl2N2O2S2/c1-9-10(2)25-17-15(9)16(22)20-14(21-17)8-24-6-5-23-13-4-3-11(18)7-12(13)19/h3-4,7H,5-6,8H2,1-2H3,(H,20,21,22). The summed E-state index contributed by atoms with van der Waals surface area (Å²) in [5.41, 5.74) is 0.952. The number of nitrogens with zero attached hydrogens (tertiary/aromatic N) is 1. The molecule has 0 atom stereocenters. The van der Waals surface area contributed by atoms with Gasteiger partial charge in [-0.2, -0.15) is 11.8 Å². The third-order valence-corrected chi connectivity index (χ3v) is 6.27. The van der Waals surface area contributed by atoms with Gasteiger partial charge < -0.3 is 9.72 Å². The van der Waals surface area contributed by atoms with E-state index >= 15 is 0 Å². The summed E-state index contributed by atoms with van der Waals surface area (Å²) in [6, 6.07) is 5.15. The zero-order chi connectivity index (χ0) is 18.0. The topological polar surface area (TPSA) is 55.0 Å². The summed E-state index contributed by atoms with van der Waals surface area (Å²) < 4.78 is 5.64. The second-order valence-electron chi connectivity index (χ2n) is 5.45. The van der Waals surface area contributed by atoms with Crippen LogP contribution in [-0.4, -0.2) is 22.3 Å². The van der Waals surface area contributed by atoms with Crippen molar-refractivity contribution in [3.8, 4) is 5.75 Å². The van der Waals surface area contributed by atoms with Gasteiger partial charge in [-0.25, -0.2) is 4.98 Å². The number of thiophene rings is 1. The number of hydrogen-bond acceptors (Lipinski definition) is 5. The molecule has 4 nitrogen and oxygen atoms in total. The highest BCUT2D eigenvalue weighted by atomic mass is 35.5. The van der Waals surface area contributed by atoms with Gasteiger partial charge in [-0.3, -0.25) is 4.79 Å². The van der Waals surface area contributed by atoms with Crippen LogP contribution in [0.2, 0.25) is 10.0 Å². The summed E-state index contributed by atoms with van der Waals surface area (Å²) in [4.78, 5) is 21.6. The van der Waals surface area contributed by atoms with Crippen molar-refractivity contribution >= 4 is 56.5 Å².